The number of amides is 1. The zero-order valence-electron chi connectivity index (χ0n) is 20.2. The van der Waals surface area contributed by atoms with E-state index in [2.05, 4.69) is 23.7 Å². The smallest absolute Gasteiger partial charge is 0.242 e. The molecular formula is C25H32Cl3N5O2. The van der Waals surface area contributed by atoms with E-state index in [0.29, 0.717) is 43.0 Å². The largest absolute Gasteiger partial charge is 0.487 e. The van der Waals surface area contributed by atoms with Crippen molar-refractivity contribution in [3.8, 4) is 5.75 Å². The fourth-order valence-electron chi connectivity index (χ4n) is 4.03. The van der Waals surface area contributed by atoms with E-state index < -0.39 is 0 Å². The Hall–Kier alpha value is -2.32. The second kappa shape index (κ2) is 13.1. The number of halogens is 3. The van der Waals surface area contributed by atoms with Gasteiger partial charge in [0.1, 0.15) is 12.4 Å². The molecule has 1 aliphatic rings. The molecule has 1 amide bonds. The van der Waals surface area contributed by atoms with Crippen molar-refractivity contribution in [1.82, 2.24) is 19.7 Å². The molecule has 0 N–H and O–H groups in total. The number of aromatic nitrogens is 3. The van der Waals surface area contributed by atoms with Crippen molar-refractivity contribution in [2.45, 2.75) is 33.9 Å². The topological polar surface area (TPSA) is 63.5 Å². The normalized spacial score (nSPS) is 14.0. The van der Waals surface area contributed by atoms with Crippen LogP contribution in [-0.4, -0.2) is 51.8 Å². The van der Waals surface area contributed by atoms with Gasteiger partial charge in [0, 0.05) is 48.2 Å². The van der Waals surface area contributed by atoms with Gasteiger partial charge >= 0.3 is 0 Å². The molecule has 2 aromatic heterocycles. The standard InChI is InChI=1S/C25H30ClN5O2.2ClH/c1-18(2)14-29-10-11-30(25(32)16-29)24-12-19(3)31(28-24)15-20-13-21(26)7-8-23(20)33-17-22-6-4-5-9-27-22;;/h4-9,12-13,18H,10-11,14-17H2,1-3H3;2*1H. The van der Waals surface area contributed by atoms with Gasteiger partial charge in [-0.25, -0.2) is 0 Å². The van der Waals surface area contributed by atoms with Gasteiger partial charge in [-0.05, 0) is 43.2 Å². The molecule has 7 nitrogen and oxygen atoms in total. The molecule has 0 aliphatic carbocycles. The zero-order valence-corrected chi connectivity index (χ0v) is 22.6. The van der Waals surface area contributed by atoms with Crippen molar-refractivity contribution in [3.05, 3.63) is 70.6 Å². The van der Waals surface area contributed by atoms with E-state index in [1.54, 1.807) is 11.1 Å². The number of piperazine rings is 1. The maximum atomic E-state index is 12.8. The van der Waals surface area contributed by atoms with E-state index in [4.69, 9.17) is 21.4 Å². The van der Waals surface area contributed by atoms with E-state index in [1.807, 2.05) is 54.1 Å². The van der Waals surface area contributed by atoms with Crippen LogP contribution in [0.3, 0.4) is 0 Å². The van der Waals surface area contributed by atoms with E-state index in [-0.39, 0.29) is 30.7 Å². The third-order valence-corrected chi connectivity index (χ3v) is 5.85. The van der Waals surface area contributed by atoms with Crippen LogP contribution in [-0.2, 0) is 17.9 Å². The van der Waals surface area contributed by atoms with Crippen LogP contribution in [0.4, 0.5) is 5.82 Å². The van der Waals surface area contributed by atoms with E-state index in [1.165, 1.54) is 0 Å². The lowest BCUT2D eigenvalue weighted by atomic mass is 10.2. The van der Waals surface area contributed by atoms with Crippen molar-refractivity contribution in [2.75, 3.05) is 31.1 Å². The summed E-state index contributed by atoms with van der Waals surface area (Å²) in [5.41, 5.74) is 2.74. The van der Waals surface area contributed by atoms with Crippen molar-refractivity contribution < 1.29 is 9.53 Å². The number of hydrogen-bond acceptors (Lipinski definition) is 5. The van der Waals surface area contributed by atoms with Crippen LogP contribution in [0.15, 0.2) is 48.7 Å². The molecular weight excluding hydrogens is 509 g/mol. The third kappa shape index (κ3) is 7.58. The summed E-state index contributed by atoms with van der Waals surface area (Å²) in [6.07, 6.45) is 1.75. The maximum absolute atomic E-state index is 12.8. The molecule has 1 aromatic carbocycles. The van der Waals surface area contributed by atoms with Crippen molar-refractivity contribution in [2.24, 2.45) is 5.92 Å². The first-order valence-corrected chi connectivity index (χ1v) is 11.6. The predicted molar refractivity (Wildman–Crippen MR) is 144 cm³/mol. The molecule has 0 unspecified atom stereocenters. The highest BCUT2D eigenvalue weighted by atomic mass is 35.5. The Labute approximate surface area is 224 Å². The Balaban J connectivity index is 0.00000216. The van der Waals surface area contributed by atoms with Gasteiger partial charge in [-0.2, -0.15) is 5.10 Å². The summed E-state index contributed by atoms with van der Waals surface area (Å²) in [6, 6.07) is 13.3. The average molecular weight is 541 g/mol. The molecule has 0 atom stereocenters. The van der Waals surface area contributed by atoms with Gasteiger partial charge in [0.2, 0.25) is 5.91 Å². The molecule has 0 saturated carbocycles. The molecule has 1 fully saturated rings. The van der Waals surface area contributed by atoms with Crippen molar-refractivity contribution in [1.29, 1.82) is 0 Å². The van der Waals surface area contributed by atoms with Gasteiger partial charge in [-0.3, -0.25) is 24.3 Å². The number of carbonyl (C=O) groups is 1. The molecule has 3 heterocycles. The zero-order chi connectivity index (χ0) is 23.4. The number of anilines is 1. The van der Waals surface area contributed by atoms with Gasteiger partial charge in [-0.1, -0.05) is 31.5 Å². The number of aryl methyl sites for hydroxylation is 1. The van der Waals surface area contributed by atoms with Gasteiger partial charge in [0.15, 0.2) is 5.82 Å². The first-order chi connectivity index (χ1) is 15.9. The number of pyridine rings is 1. The van der Waals surface area contributed by atoms with Gasteiger partial charge in [-0.15, -0.1) is 24.8 Å². The third-order valence-electron chi connectivity index (χ3n) is 5.61. The van der Waals surface area contributed by atoms with Crippen LogP contribution >= 0.6 is 36.4 Å². The molecule has 0 spiro atoms. The Kier molecular flexibility index (Phi) is 10.8. The Bertz CT molecular complexity index is 1110. The van der Waals surface area contributed by atoms with Crippen LogP contribution in [0.2, 0.25) is 5.02 Å². The quantitative estimate of drug-likeness (QED) is 0.402. The highest BCUT2D eigenvalue weighted by Gasteiger charge is 2.27. The number of carbonyl (C=O) groups excluding carboxylic acids is 1. The molecule has 10 heteroatoms. The molecule has 0 bridgehead atoms. The SMILES string of the molecule is Cc1cc(N2CCN(CC(C)C)CC2=O)nn1Cc1cc(Cl)ccc1OCc1ccccn1.Cl.Cl. The maximum Gasteiger partial charge on any atom is 0.242 e. The summed E-state index contributed by atoms with van der Waals surface area (Å²) in [5, 5.41) is 5.38. The minimum absolute atomic E-state index is 0. The highest BCUT2D eigenvalue weighted by Crippen LogP contribution is 2.26. The first kappa shape index (κ1) is 28.9. The van der Waals surface area contributed by atoms with Crippen LogP contribution in [0.5, 0.6) is 5.75 Å². The molecule has 1 aliphatic heterocycles. The number of rotatable bonds is 8. The lowest BCUT2D eigenvalue weighted by Gasteiger charge is -2.33. The molecule has 0 radical (unpaired) electrons. The van der Waals surface area contributed by atoms with Crippen LogP contribution in [0, 0.1) is 12.8 Å². The summed E-state index contributed by atoms with van der Waals surface area (Å²) in [6.45, 7) is 10.1. The molecule has 35 heavy (non-hydrogen) atoms. The van der Waals surface area contributed by atoms with Crippen molar-refractivity contribution in [3.63, 3.8) is 0 Å². The number of hydrogen-bond donors (Lipinski definition) is 0. The van der Waals surface area contributed by atoms with Gasteiger partial charge < -0.3 is 4.74 Å². The Morgan fingerprint density at radius 2 is 1.91 bits per heavy atom. The molecule has 4 rings (SSSR count). The van der Waals surface area contributed by atoms with Gasteiger partial charge in [0.05, 0.1) is 18.8 Å². The van der Waals surface area contributed by atoms with E-state index in [0.717, 1.165) is 35.8 Å². The highest BCUT2D eigenvalue weighted by molar-refractivity contribution is 6.30. The van der Waals surface area contributed by atoms with Crippen LogP contribution in [0.1, 0.15) is 30.8 Å². The summed E-state index contributed by atoms with van der Waals surface area (Å²) < 4.78 is 7.93. The number of benzene rings is 1. The number of ether oxygens (including phenoxy) is 1. The first-order valence-electron chi connectivity index (χ1n) is 11.3. The van der Waals surface area contributed by atoms with Gasteiger partial charge in [0.25, 0.3) is 0 Å². The lowest BCUT2D eigenvalue weighted by Crippen LogP contribution is -2.51. The van der Waals surface area contributed by atoms with E-state index >= 15 is 0 Å². The number of nitrogens with zero attached hydrogens (tertiary/aromatic N) is 5. The van der Waals surface area contributed by atoms with Crippen LogP contribution in [0.25, 0.3) is 0 Å². The second-order valence-corrected chi connectivity index (χ2v) is 9.27. The molecule has 1 saturated heterocycles. The predicted octanol–water partition coefficient (Wildman–Crippen LogP) is 5.02. The van der Waals surface area contributed by atoms with E-state index in [9.17, 15) is 4.79 Å². The summed E-state index contributed by atoms with van der Waals surface area (Å²) in [7, 11) is 0. The fraction of sp³-hybridized carbons (Fsp3) is 0.400. The fourth-order valence-corrected chi connectivity index (χ4v) is 4.22. The Morgan fingerprint density at radius 1 is 1.11 bits per heavy atom. The molecule has 190 valence electrons. The summed E-state index contributed by atoms with van der Waals surface area (Å²) in [5.74, 6) is 2.06. The van der Waals surface area contributed by atoms with Crippen molar-refractivity contribution >= 4 is 48.1 Å². The minimum atomic E-state index is 0. The minimum Gasteiger partial charge on any atom is -0.487 e. The Morgan fingerprint density at radius 3 is 2.60 bits per heavy atom. The summed E-state index contributed by atoms with van der Waals surface area (Å²) >= 11 is 6.28. The monoisotopic (exact) mass is 539 g/mol. The summed E-state index contributed by atoms with van der Waals surface area (Å²) in [4.78, 5) is 21.1. The average Bonchev–Trinajstić information content (AvgIpc) is 3.13. The van der Waals surface area contributed by atoms with Crippen LogP contribution < -0.4 is 9.64 Å². The molecule has 3 aromatic rings. The lowest BCUT2D eigenvalue weighted by molar-refractivity contribution is -0.121. The second-order valence-electron chi connectivity index (χ2n) is 8.84.